The van der Waals surface area contributed by atoms with Crippen molar-refractivity contribution in [3.63, 3.8) is 0 Å². The van der Waals surface area contributed by atoms with Crippen LogP contribution in [-0.4, -0.2) is 150 Å². The summed E-state index contributed by atoms with van der Waals surface area (Å²) in [6, 6.07) is 5.60. The summed E-state index contributed by atoms with van der Waals surface area (Å²) < 4.78 is 31.9. The third-order valence-electron chi connectivity index (χ3n) is 14.4. The second kappa shape index (κ2) is 32.6. The first-order valence-corrected chi connectivity index (χ1v) is 28.3. The van der Waals surface area contributed by atoms with Gasteiger partial charge in [-0.25, -0.2) is 13.6 Å². The minimum absolute atomic E-state index is 0.0236. The largest absolute Gasteiger partial charge is 0.480 e. The number of carbonyl (C=O) groups is 9. The van der Waals surface area contributed by atoms with Gasteiger partial charge in [-0.2, -0.15) is 0 Å². The van der Waals surface area contributed by atoms with E-state index in [2.05, 4.69) is 37.2 Å². The molecular weight excluding hydrogens is 1090 g/mol. The molecule has 2 aromatic carbocycles. The molecule has 3 aromatic rings. The van der Waals surface area contributed by atoms with Crippen molar-refractivity contribution >= 4 is 53.2 Å². The summed E-state index contributed by atoms with van der Waals surface area (Å²) in [6.45, 7) is 15.2. The van der Waals surface area contributed by atoms with Crippen molar-refractivity contribution < 1.29 is 72.4 Å². The van der Waals surface area contributed by atoms with Gasteiger partial charge in [0.25, 0.3) is 0 Å². The number of hydrogen-bond donors (Lipinski definition) is 12. The van der Waals surface area contributed by atoms with Gasteiger partial charge in [-0.15, -0.1) is 0 Å². The lowest BCUT2D eigenvalue weighted by Crippen LogP contribution is -2.59. The highest BCUT2D eigenvalue weighted by Crippen LogP contribution is 2.41. The van der Waals surface area contributed by atoms with E-state index in [0.717, 1.165) is 36.6 Å². The summed E-state index contributed by atoms with van der Waals surface area (Å²) >= 11 is 0. The summed E-state index contributed by atoms with van der Waals surface area (Å²) in [4.78, 5) is 120. The van der Waals surface area contributed by atoms with E-state index < -0.39 is 151 Å². The molecule has 0 spiro atoms. The van der Waals surface area contributed by atoms with Crippen molar-refractivity contribution in [1.29, 1.82) is 0 Å². The number of aromatic nitrogens is 1. The minimum Gasteiger partial charge on any atom is -0.480 e. The second-order valence-corrected chi connectivity index (χ2v) is 23.2. The van der Waals surface area contributed by atoms with Gasteiger partial charge >= 0.3 is 5.97 Å². The monoisotopic (exact) mass is 1180 g/mol. The molecule has 23 nitrogen and oxygen atoms in total. The molecule has 8 amide bonds. The summed E-state index contributed by atoms with van der Waals surface area (Å²) in [5.41, 5.74) is 4.39. The number of halogens is 2. The first-order valence-electron chi connectivity index (χ1n) is 28.3. The van der Waals surface area contributed by atoms with Crippen LogP contribution >= 0.6 is 0 Å². The molecule has 25 heteroatoms. The molecule has 1 heterocycles. The van der Waals surface area contributed by atoms with Gasteiger partial charge in [-0.1, -0.05) is 65.0 Å². The first-order chi connectivity index (χ1) is 39.2. The molecule has 466 valence electrons. The van der Waals surface area contributed by atoms with Gasteiger partial charge in [-0.05, 0) is 108 Å². The predicted molar refractivity (Wildman–Crippen MR) is 309 cm³/mol. The van der Waals surface area contributed by atoms with Crippen LogP contribution in [0.4, 0.5) is 8.78 Å². The number of benzene rings is 2. The van der Waals surface area contributed by atoms with E-state index in [0.29, 0.717) is 5.69 Å². The lowest BCUT2D eigenvalue weighted by atomic mass is 9.82. The van der Waals surface area contributed by atoms with Crippen molar-refractivity contribution in [2.45, 2.75) is 194 Å². The van der Waals surface area contributed by atoms with Gasteiger partial charge in [0.1, 0.15) is 42.6 Å². The van der Waals surface area contributed by atoms with Crippen molar-refractivity contribution in [2.24, 2.45) is 11.1 Å². The number of rotatable bonds is 35. The second-order valence-electron chi connectivity index (χ2n) is 23.2. The van der Waals surface area contributed by atoms with E-state index in [1.165, 1.54) is 32.6 Å². The predicted octanol–water partition coefficient (Wildman–Crippen LogP) is 2.92. The number of nitrogens with two attached hydrogens (primary N) is 1. The van der Waals surface area contributed by atoms with Gasteiger partial charge < -0.3 is 67.5 Å². The van der Waals surface area contributed by atoms with Crippen LogP contribution < -0.4 is 43.0 Å². The number of carbonyl (C=O) groups excluding carboxylic acids is 8. The third-order valence-corrected chi connectivity index (χ3v) is 14.4. The third kappa shape index (κ3) is 23.4. The number of carboxylic acid groups (broad SMARTS) is 1. The van der Waals surface area contributed by atoms with Gasteiger partial charge in [0.05, 0.1) is 30.1 Å². The van der Waals surface area contributed by atoms with E-state index in [1.54, 1.807) is 37.6 Å². The fourth-order valence-electron chi connectivity index (χ4n) is 9.18. The number of hydrogen-bond acceptors (Lipinski definition) is 13. The maximum absolute atomic E-state index is 15.4. The van der Waals surface area contributed by atoms with Crippen molar-refractivity contribution in [2.75, 3.05) is 19.7 Å². The van der Waals surface area contributed by atoms with Crippen LogP contribution in [0.3, 0.4) is 0 Å². The SMILES string of the molecule is CCC(C)(CC)NC(=O)CCCC(=O)N[C@@H](C)C(O)N[C@H](C)C(=O)N[C@@H](CC(N)=O)C(=O)N[C@@H](CCN(C(=O)CO)[C@@H](c1cc(-c2cc(F)ccc2F)cn1Cc1ccccc1)C(C)(C)C)C(=O)NCCC(=O)N[C@H](CCC(C)(C)O)C(=O)O. The van der Waals surface area contributed by atoms with Gasteiger partial charge in [0, 0.05) is 67.5 Å². The molecule has 13 N–H and O–H groups in total. The van der Waals surface area contributed by atoms with Crippen LogP contribution in [0.15, 0.2) is 60.8 Å². The molecule has 7 atom stereocenters. The maximum atomic E-state index is 15.4. The first kappa shape index (κ1) is 70.9. The lowest BCUT2D eigenvalue weighted by Gasteiger charge is -2.41. The lowest BCUT2D eigenvalue weighted by molar-refractivity contribution is -0.142. The number of nitrogens with one attached hydrogen (secondary N) is 7. The van der Waals surface area contributed by atoms with Crippen LogP contribution in [0.5, 0.6) is 0 Å². The number of nitrogens with zero attached hydrogens (tertiary/aromatic N) is 2. The topological polar surface area (TPSA) is 353 Å². The molecule has 0 saturated heterocycles. The zero-order valence-corrected chi connectivity index (χ0v) is 49.9. The quantitative estimate of drug-likeness (QED) is 0.0377. The minimum atomic E-state index is -1.77. The molecule has 0 aliphatic heterocycles. The van der Waals surface area contributed by atoms with Crippen molar-refractivity contribution in [1.82, 2.24) is 46.7 Å². The summed E-state index contributed by atoms with van der Waals surface area (Å²) in [6.07, 6.45) is -0.0269. The van der Waals surface area contributed by atoms with E-state index >= 15 is 4.39 Å². The zero-order chi connectivity index (χ0) is 63.3. The highest BCUT2D eigenvalue weighted by molar-refractivity contribution is 5.95. The number of primary amides is 1. The average Bonchev–Trinajstić information content (AvgIpc) is 2.02. The number of amides is 8. The molecule has 3 rings (SSSR count). The Kier molecular flexibility index (Phi) is 27.6. The van der Waals surface area contributed by atoms with Crippen molar-refractivity contribution in [3.05, 3.63) is 83.7 Å². The molecule has 0 radical (unpaired) electrons. The van der Waals surface area contributed by atoms with Crippen LogP contribution in [0.2, 0.25) is 0 Å². The molecule has 0 bridgehead atoms. The summed E-state index contributed by atoms with van der Waals surface area (Å²) in [5, 5.41) is 59.3. The number of carboxylic acids is 1. The van der Waals surface area contributed by atoms with E-state index in [4.69, 9.17) is 5.73 Å². The highest BCUT2D eigenvalue weighted by atomic mass is 19.1. The average molecular weight is 1180 g/mol. The molecule has 0 aliphatic carbocycles. The Morgan fingerprint density at radius 3 is 1.95 bits per heavy atom. The Morgan fingerprint density at radius 1 is 0.750 bits per heavy atom. The highest BCUT2D eigenvalue weighted by Gasteiger charge is 2.39. The van der Waals surface area contributed by atoms with E-state index in [-0.39, 0.29) is 61.2 Å². The normalized spacial score (nSPS) is 14.3. The Morgan fingerprint density at radius 2 is 1.37 bits per heavy atom. The molecule has 0 fully saturated rings. The smallest absolute Gasteiger partial charge is 0.326 e. The molecule has 84 heavy (non-hydrogen) atoms. The number of aliphatic carboxylic acids is 1. The Labute approximate surface area is 490 Å². The Bertz CT molecular complexity index is 2730. The molecule has 1 unspecified atom stereocenters. The van der Waals surface area contributed by atoms with Crippen molar-refractivity contribution in [3.8, 4) is 11.1 Å². The van der Waals surface area contributed by atoms with Crippen LogP contribution in [-0.2, 0) is 49.7 Å². The molecular formula is C59H88F2N10O13. The standard InChI is InChI=1S/C59H88F2N10O13/c1-11-59(10,12-2)69-49(76)20-16-19-47(74)64-35(3)52(78)65-36(4)53(79)68-44(31-46(62)73)55(81)67-42(54(80)63-27-24-48(75)66-43(56(82)83)23-26-58(8,9)84)25-28-71(50(77)34-72)51(57(5,6)7)45-29-38(40-30-39(60)21-22-41(40)61)33-70(45)32-37-17-14-13-15-18-37/h13-15,17-18,21-22,29-30,33,35-36,42-44,51-52,65,72,78,84H,11-12,16,19-20,23-28,31-32,34H2,1-10H3,(H2,62,73)(H,63,80)(H,64,74)(H,66,75)(H,67,81)(H,68,79)(H,69,76)(H,82,83)/t35-,36+,42-,43+,44-,51-,52?/m0/s1. The Hall–Kier alpha value is -7.35. The maximum Gasteiger partial charge on any atom is 0.326 e. The van der Waals surface area contributed by atoms with Crippen LogP contribution in [0.25, 0.3) is 11.1 Å². The molecule has 1 aromatic heterocycles. The number of aliphatic hydroxyl groups is 3. The number of aliphatic hydroxyl groups excluding tert-OH is 2. The molecule has 0 saturated carbocycles. The van der Waals surface area contributed by atoms with Crippen LogP contribution in [0, 0.1) is 17.0 Å². The molecule has 0 aliphatic rings. The van der Waals surface area contributed by atoms with Gasteiger partial charge in [-0.3, -0.25) is 43.7 Å². The van der Waals surface area contributed by atoms with E-state index in [9.17, 15) is 68.0 Å². The zero-order valence-electron chi connectivity index (χ0n) is 49.9. The van der Waals surface area contributed by atoms with Gasteiger partial charge in [0.15, 0.2) is 0 Å². The van der Waals surface area contributed by atoms with E-state index in [1.807, 2.05) is 51.1 Å². The van der Waals surface area contributed by atoms with Gasteiger partial charge in [0.2, 0.25) is 47.3 Å². The van der Waals surface area contributed by atoms with Crippen LogP contribution in [0.1, 0.15) is 151 Å². The Balaban J connectivity index is 1.97. The fourth-order valence-corrected chi connectivity index (χ4v) is 9.18. The fraction of sp³-hybridized carbons (Fsp3) is 0.576. The summed E-state index contributed by atoms with van der Waals surface area (Å²) in [7, 11) is 0. The summed E-state index contributed by atoms with van der Waals surface area (Å²) in [5.74, 6) is -9.20.